The first-order valence-electron chi connectivity index (χ1n) is 8.74. The lowest BCUT2D eigenvalue weighted by atomic mass is 9.82. The second-order valence-corrected chi connectivity index (χ2v) is 6.76. The lowest BCUT2D eigenvalue weighted by Crippen LogP contribution is -2.56. The first-order chi connectivity index (χ1) is 10.3. The molecule has 118 valence electrons. The molecule has 3 rings (SSSR count). The molecule has 1 atom stereocenters. The first-order valence-corrected chi connectivity index (χ1v) is 8.74. The summed E-state index contributed by atoms with van der Waals surface area (Å²) in [4.78, 5) is 2.80. The van der Waals surface area contributed by atoms with Crippen LogP contribution in [0.4, 0.5) is 0 Å². The van der Waals surface area contributed by atoms with Crippen LogP contribution in [0.25, 0.3) is 0 Å². The zero-order valence-corrected chi connectivity index (χ0v) is 13.6. The summed E-state index contributed by atoms with van der Waals surface area (Å²) >= 11 is 0. The molecule has 1 aromatic rings. The van der Waals surface area contributed by atoms with Crippen molar-refractivity contribution in [2.24, 2.45) is 7.05 Å². The maximum atomic E-state index is 4.74. The molecule has 1 saturated carbocycles. The van der Waals surface area contributed by atoms with Crippen LogP contribution in [-0.2, 0) is 7.05 Å². The van der Waals surface area contributed by atoms with E-state index >= 15 is 0 Å². The minimum atomic E-state index is 0.296. The van der Waals surface area contributed by atoms with Crippen molar-refractivity contribution in [1.29, 1.82) is 0 Å². The van der Waals surface area contributed by atoms with Gasteiger partial charge in [0.25, 0.3) is 0 Å². The second-order valence-electron chi connectivity index (χ2n) is 6.76. The maximum absolute atomic E-state index is 4.74. The molecule has 0 aromatic carbocycles. The van der Waals surface area contributed by atoms with Crippen LogP contribution in [0.5, 0.6) is 0 Å². The fourth-order valence-corrected chi connectivity index (χ4v) is 4.47. The van der Waals surface area contributed by atoms with Crippen LogP contribution in [0.3, 0.4) is 0 Å². The largest absolute Gasteiger partial charge is 0.307 e. The van der Waals surface area contributed by atoms with Crippen molar-refractivity contribution in [3.63, 3.8) is 0 Å². The number of nitrogens with one attached hydrogen (secondary N) is 1. The van der Waals surface area contributed by atoms with E-state index in [9.17, 15) is 0 Å². The van der Waals surface area contributed by atoms with E-state index in [-0.39, 0.29) is 0 Å². The normalized spacial score (nSPS) is 24.3. The van der Waals surface area contributed by atoms with Gasteiger partial charge in [0.15, 0.2) is 0 Å². The quantitative estimate of drug-likeness (QED) is 0.905. The Balaban J connectivity index is 1.92. The van der Waals surface area contributed by atoms with E-state index in [1.54, 1.807) is 0 Å². The molecule has 4 heteroatoms. The first kappa shape index (κ1) is 15.0. The number of likely N-dealkylation sites (tertiary alicyclic amines) is 1. The van der Waals surface area contributed by atoms with Crippen LogP contribution < -0.4 is 5.32 Å². The lowest BCUT2D eigenvalue weighted by Gasteiger charge is -2.48. The van der Waals surface area contributed by atoms with Gasteiger partial charge in [0, 0.05) is 18.8 Å². The third kappa shape index (κ3) is 2.88. The van der Waals surface area contributed by atoms with Gasteiger partial charge in [0.2, 0.25) is 0 Å². The standard InChI is InChI=1S/C17H30N4/c1-3-18-16(15-9-14-20(2)19-15)17(10-5-6-11-17)21-12-7-4-8-13-21/h9,14,16,18H,3-8,10-13H2,1-2H3. The van der Waals surface area contributed by atoms with Gasteiger partial charge in [-0.15, -0.1) is 0 Å². The van der Waals surface area contributed by atoms with Gasteiger partial charge in [-0.1, -0.05) is 26.2 Å². The van der Waals surface area contributed by atoms with Crippen LogP contribution in [0, 0.1) is 0 Å². The number of hydrogen-bond donors (Lipinski definition) is 1. The highest BCUT2D eigenvalue weighted by Gasteiger charge is 2.47. The Morgan fingerprint density at radius 1 is 1.19 bits per heavy atom. The van der Waals surface area contributed by atoms with Gasteiger partial charge in [-0.05, 0) is 51.4 Å². The topological polar surface area (TPSA) is 33.1 Å². The number of aromatic nitrogens is 2. The minimum absolute atomic E-state index is 0.296. The smallest absolute Gasteiger partial charge is 0.0812 e. The van der Waals surface area contributed by atoms with E-state index in [0.717, 1.165) is 6.54 Å². The van der Waals surface area contributed by atoms with E-state index in [2.05, 4.69) is 29.4 Å². The molecule has 0 amide bonds. The predicted octanol–water partition coefficient (Wildman–Crippen LogP) is 2.87. The van der Waals surface area contributed by atoms with Crippen LogP contribution >= 0.6 is 0 Å². The number of aryl methyl sites for hydroxylation is 1. The molecule has 1 unspecified atom stereocenters. The fourth-order valence-electron chi connectivity index (χ4n) is 4.47. The van der Waals surface area contributed by atoms with E-state index < -0.39 is 0 Å². The van der Waals surface area contributed by atoms with Crippen molar-refractivity contribution in [2.45, 2.75) is 63.5 Å². The van der Waals surface area contributed by atoms with Gasteiger partial charge < -0.3 is 5.32 Å². The Labute approximate surface area is 128 Å². The maximum Gasteiger partial charge on any atom is 0.0812 e. The number of likely N-dealkylation sites (N-methyl/N-ethyl adjacent to an activating group) is 1. The van der Waals surface area contributed by atoms with Crippen molar-refractivity contribution in [3.05, 3.63) is 18.0 Å². The Bertz CT molecular complexity index is 441. The Morgan fingerprint density at radius 2 is 1.90 bits per heavy atom. The molecule has 1 saturated heterocycles. The van der Waals surface area contributed by atoms with E-state index in [4.69, 9.17) is 5.10 Å². The summed E-state index contributed by atoms with van der Waals surface area (Å²) in [6.07, 6.45) is 11.6. The van der Waals surface area contributed by atoms with Crippen LogP contribution in [0.15, 0.2) is 12.3 Å². The summed E-state index contributed by atoms with van der Waals surface area (Å²) in [5.74, 6) is 0. The Hall–Kier alpha value is -0.870. The Morgan fingerprint density at radius 3 is 2.48 bits per heavy atom. The van der Waals surface area contributed by atoms with Crippen LogP contribution in [0.2, 0.25) is 0 Å². The average molecular weight is 290 g/mol. The number of nitrogens with zero attached hydrogens (tertiary/aromatic N) is 3. The van der Waals surface area contributed by atoms with E-state index in [1.165, 1.54) is 63.7 Å². The van der Waals surface area contributed by atoms with E-state index in [1.807, 2.05) is 11.7 Å². The molecular weight excluding hydrogens is 260 g/mol. The summed E-state index contributed by atoms with van der Waals surface area (Å²) in [7, 11) is 2.02. The summed E-state index contributed by atoms with van der Waals surface area (Å²) < 4.78 is 1.94. The zero-order valence-electron chi connectivity index (χ0n) is 13.6. The molecule has 1 aliphatic carbocycles. The molecule has 1 N–H and O–H groups in total. The molecule has 21 heavy (non-hydrogen) atoms. The lowest BCUT2D eigenvalue weighted by molar-refractivity contribution is 0.0351. The van der Waals surface area contributed by atoms with Gasteiger partial charge in [-0.3, -0.25) is 9.58 Å². The molecule has 1 aromatic heterocycles. The molecule has 2 fully saturated rings. The summed E-state index contributed by atoms with van der Waals surface area (Å²) in [5, 5.41) is 8.52. The van der Waals surface area contributed by atoms with Crippen molar-refractivity contribution in [1.82, 2.24) is 20.0 Å². The monoisotopic (exact) mass is 290 g/mol. The molecule has 4 nitrogen and oxygen atoms in total. The highest BCUT2D eigenvalue weighted by Crippen LogP contribution is 2.45. The highest BCUT2D eigenvalue weighted by atomic mass is 15.3. The van der Waals surface area contributed by atoms with Gasteiger partial charge in [0.1, 0.15) is 0 Å². The van der Waals surface area contributed by atoms with Gasteiger partial charge in [-0.2, -0.15) is 5.10 Å². The molecule has 2 aliphatic rings. The zero-order chi connectivity index (χ0) is 14.7. The number of rotatable bonds is 5. The number of hydrogen-bond acceptors (Lipinski definition) is 3. The van der Waals surface area contributed by atoms with Gasteiger partial charge in [-0.25, -0.2) is 0 Å². The van der Waals surface area contributed by atoms with Crippen molar-refractivity contribution in [2.75, 3.05) is 19.6 Å². The average Bonchev–Trinajstić information content (AvgIpc) is 3.16. The number of piperidine rings is 1. The third-order valence-corrected chi connectivity index (χ3v) is 5.43. The van der Waals surface area contributed by atoms with Crippen molar-refractivity contribution < 1.29 is 0 Å². The third-order valence-electron chi connectivity index (χ3n) is 5.43. The van der Waals surface area contributed by atoms with Crippen molar-refractivity contribution >= 4 is 0 Å². The van der Waals surface area contributed by atoms with Crippen molar-refractivity contribution in [3.8, 4) is 0 Å². The van der Waals surface area contributed by atoms with Gasteiger partial charge in [0.05, 0.1) is 11.7 Å². The fraction of sp³-hybridized carbons (Fsp3) is 0.824. The molecule has 0 spiro atoms. The summed E-state index contributed by atoms with van der Waals surface area (Å²) in [5.41, 5.74) is 1.52. The summed E-state index contributed by atoms with van der Waals surface area (Å²) in [6.45, 7) is 5.77. The SMILES string of the molecule is CCNC(c1ccn(C)n1)C1(N2CCCCC2)CCCC1. The predicted molar refractivity (Wildman–Crippen MR) is 86.2 cm³/mol. The summed E-state index contributed by atoms with van der Waals surface area (Å²) in [6, 6.07) is 2.58. The molecule has 2 heterocycles. The minimum Gasteiger partial charge on any atom is -0.307 e. The van der Waals surface area contributed by atoms with Crippen LogP contribution in [-0.4, -0.2) is 39.9 Å². The van der Waals surface area contributed by atoms with E-state index in [0.29, 0.717) is 11.6 Å². The molecule has 0 radical (unpaired) electrons. The molecule has 0 bridgehead atoms. The molecular formula is C17H30N4. The highest BCUT2D eigenvalue weighted by molar-refractivity contribution is 5.16. The van der Waals surface area contributed by atoms with Gasteiger partial charge >= 0.3 is 0 Å². The molecule has 1 aliphatic heterocycles. The second kappa shape index (κ2) is 6.49. The Kier molecular flexibility index (Phi) is 4.65. The van der Waals surface area contributed by atoms with Crippen LogP contribution in [0.1, 0.15) is 63.6 Å².